The summed E-state index contributed by atoms with van der Waals surface area (Å²) in [5.41, 5.74) is 4.53. The standard InChI is InChI=1S/C22H14FN5O/c23-18-5-4-16(11-17(18)13-29)20-7-8-21-22(25-20)28(27-26-21)12-14-3-6-19-15(10-14)2-1-9-24-19/h1-11,13H,12H2. The monoisotopic (exact) mass is 383 g/mol. The Hall–Kier alpha value is -4.00. The van der Waals surface area contributed by atoms with E-state index in [0.29, 0.717) is 35.3 Å². The number of hydrogen-bond acceptors (Lipinski definition) is 5. The van der Waals surface area contributed by atoms with Crippen LogP contribution in [0.2, 0.25) is 0 Å². The molecule has 0 spiro atoms. The lowest BCUT2D eigenvalue weighted by molar-refractivity contribution is 0.112. The maximum absolute atomic E-state index is 13.6. The third kappa shape index (κ3) is 3.12. The summed E-state index contributed by atoms with van der Waals surface area (Å²) in [4.78, 5) is 20.0. The molecule has 0 aliphatic heterocycles. The van der Waals surface area contributed by atoms with Crippen LogP contribution in [0.5, 0.6) is 0 Å². The van der Waals surface area contributed by atoms with Gasteiger partial charge in [0.2, 0.25) is 0 Å². The summed E-state index contributed by atoms with van der Waals surface area (Å²) in [6.45, 7) is 0.501. The summed E-state index contributed by atoms with van der Waals surface area (Å²) in [7, 11) is 0. The minimum atomic E-state index is -0.553. The molecule has 0 amide bonds. The van der Waals surface area contributed by atoms with Gasteiger partial charge >= 0.3 is 0 Å². The second-order valence-electron chi connectivity index (χ2n) is 6.67. The van der Waals surface area contributed by atoms with Crippen molar-refractivity contribution in [2.24, 2.45) is 0 Å². The molecule has 0 saturated heterocycles. The first-order valence-electron chi connectivity index (χ1n) is 9.00. The summed E-state index contributed by atoms with van der Waals surface area (Å²) in [6, 6.07) is 17.9. The van der Waals surface area contributed by atoms with E-state index in [2.05, 4.69) is 26.3 Å². The SMILES string of the molecule is O=Cc1cc(-c2ccc3nnn(Cc4ccc5ncccc5c4)c3n2)ccc1F. The number of halogens is 1. The maximum Gasteiger partial charge on any atom is 0.179 e. The number of carbonyl (C=O) groups is 1. The van der Waals surface area contributed by atoms with Crippen LogP contribution in [0.15, 0.2) is 66.9 Å². The number of aromatic nitrogens is 5. The molecular formula is C22H14FN5O. The molecule has 5 rings (SSSR count). The van der Waals surface area contributed by atoms with Gasteiger partial charge in [0.25, 0.3) is 0 Å². The van der Waals surface area contributed by atoms with Gasteiger partial charge in [-0.3, -0.25) is 9.78 Å². The summed E-state index contributed by atoms with van der Waals surface area (Å²) in [6.07, 6.45) is 2.27. The molecule has 0 fully saturated rings. The zero-order valence-electron chi connectivity index (χ0n) is 15.2. The number of aldehydes is 1. The molecule has 7 heteroatoms. The van der Waals surface area contributed by atoms with E-state index in [1.165, 1.54) is 12.1 Å². The number of nitrogens with zero attached hydrogens (tertiary/aromatic N) is 5. The lowest BCUT2D eigenvalue weighted by atomic mass is 10.1. The normalized spacial score (nSPS) is 11.2. The van der Waals surface area contributed by atoms with E-state index < -0.39 is 5.82 Å². The Bertz CT molecular complexity index is 1380. The molecule has 3 heterocycles. The molecule has 5 aromatic rings. The average molecular weight is 383 g/mol. The van der Waals surface area contributed by atoms with Crippen molar-refractivity contribution in [3.05, 3.63) is 83.8 Å². The van der Waals surface area contributed by atoms with Gasteiger partial charge in [0.15, 0.2) is 11.9 Å². The Balaban J connectivity index is 1.54. The maximum atomic E-state index is 13.6. The average Bonchev–Trinajstić information content (AvgIpc) is 3.16. The van der Waals surface area contributed by atoms with Crippen LogP contribution in [0.3, 0.4) is 0 Å². The molecule has 0 aliphatic carbocycles. The van der Waals surface area contributed by atoms with E-state index in [1.807, 2.05) is 30.3 Å². The summed E-state index contributed by atoms with van der Waals surface area (Å²) in [5.74, 6) is -0.553. The molecule has 6 nitrogen and oxygen atoms in total. The van der Waals surface area contributed by atoms with Crippen LogP contribution in [-0.4, -0.2) is 31.2 Å². The molecule has 0 bridgehead atoms. The van der Waals surface area contributed by atoms with Gasteiger partial charge in [-0.15, -0.1) is 5.10 Å². The van der Waals surface area contributed by atoms with Gasteiger partial charge in [-0.2, -0.15) is 0 Å². The van der Waals surface area contributed by atoms with E-state index in [0.717, 1.165) is 16.5 Å². The number of carbonyl (C=O) groups excluding carboxylic acids is 1. The molecule has 3 aromatic heterocycles. The van der Waals surface area contributed by atoms with Gasteiger partial charge in [-0.05, 0) is 54.1 Å². The molecular weight excluding hydrogens is 369 g/mol. The Kier molecular flexibility index (Phi) is 4.05. The van der Waals surface area contributed by atoms with Crippen LogP contribution in [0, 0.1) is 5.82 Å². The summed E-state index contributed by atoms with van der Waals surface area (Å²) < 4.78 is 15.3. The van der Waals surface area contributed by atoms with Gasteiger partial charge in [-0.25, -0.2) is 14.1 Å². The zero-order chi connectivity index (χ0) is 19.8. The first-order valence-corrected chi connectivity index (χ1v) is 9.00. The first kappa shape index (κ1) is 17.1. The van der Waals surface area contributed by atoms with Gasteiger partial charge in [0.1, 0.15) is 11.3 Å². The zero-order valence-corrected chi connectivity index (χ0v) is 15.2. The predicted octanol–water partition coefficient (Wildman–Crippen LogP) is 4.04. The first-order chi connectivity index (χ1) is 14.2. The van der Waals surface area contributed by atoms with E-state index in [1.54, 1.807) is 23.0 Å². The summed E-state index contributed by atoms with van der Waals surface area (Å²) in [5, 5.41) is 9.46. The highest BCUT2D eigenvalue weighted by Crippen LogP contribution is 2.23. The van der Waals surface area contributed by atoms with E-state index in [4.69, 9.17) is 0 Å². The van der Waals surface area contributed by atoms with E-state index >= 15 is 0 Å². The van der Waals surface area contributed by atoms with Crippen molar-refractivity contribution >= 4 is 28.4 Å². The lowest BCUT2D eigenvalue weighted by Crippen LogP contribution is -2.03. The molecule has 0 saturated carbocycles. The van der Waals surface area contributed by atoms with Crippen molar-refractivity contribution in [3.8, 4) is 11.3 Å². The van der Waals surface area contributed by atoms with Crippen molar-refractivity contribution in [2.75, 3.05) is 0 Å². The number of hydrogen-bond donors (Lipinski definition) is 0. The Labute approximate surface area is 164 Å². The Morgan fingerprint density at radius 3 is 2.79 bits per heavy atom. The van der Waals surface area contributed by atoms with Crippen molar-refractivity contribution in [2.45, 2.75) is 6.54 Å². The largest absolute Gasteiger partial charge is 0.298 e. The summed E-state index contributed by atoms with van der Waals surface area (Å²) >= 11 is 0. The fourth-order valence-corrected chi connectivity index (χ4v) is 3.31. The molecule has 0 N–H and O–H groups in total. The minimum Gasteiger partial charge on any atom is -0.298 e. The molecule has 29 heavy (non-hydrogen) atoms. The van der Waals surface area contributed by atoms with E-state index in [9.17, 15) is 9.18 Å². The predicted molar refractivity (Wildman–Crippen MR) is 107 cm³/mol. The molecule has 0 radical (unpaired) electrons. The second-order valence-corrected chi connectivity index (χ2v) is 6.67. The van der Waals surface area contributed by atoms with Crippen molar-refractivity contribution in [3.63, 3.8) is 0 Å². The molecule has 0 atom stereocenters. The Morgan fingerprint density at radius 2 is 1.90 bits per heavy atom. The second kappa shape index (κ2) is 6.87. The van der Waals surface area contributed by atoms with Gasteiger partial charge in [0.05, 0.1) is 23.3 Å². The third-order valence-electron chi connectivity index (χ3n) is 4.78. The third-order valence-corrected chi connectivity index (χ3v) is 4.78. The van der Waals surface area contributed by atoms with Crippen molar-refractivity contribution in [1.29, 1.82) is 0 Å². The fourth-order valence-electron chi connectivity index (χ4n) is 3.31. The minimum absolute atomic E-state index is 0.000743. The quantitative estimate of drug-likeness (QED) is 0.438. The van der Waals surface area contributed by atoms with Gasteiger partial charge in [0, 0.05) is 17.1 Å². The van der Waals surface area contributed by atoms with Gasteiger partial charge in [-0.1, -0.05) is 17.3 Å². The molecule has 2 aromatic carbocycles. The highest BCUT2D eigenvalue weighted by molar-refractivity contribution is 5.81. The van der Waals surface area contributed by atoms with Crippen LogP contribution >= 0.6 is 0 Å². The Morgan fingerprint density at radius 1 is 1.00 bits per heavy atom. The lowest BCUT2D eigenvalue weighted by Gasteiger charge is -2.06. The molecule has 0 aliphatic rings. The van der Waals surface area contributed by atoms with E-state index in [-0.39, 0.29) is 5.56 Å². The fraction of sp³-hybridized carbons (Fsp3) is 0.0455. The molecule has 0 unspecified atom stereocenters. The number of rotatable bonds is 4. The number of fused-ring (bicyclic) bond motifs is 2. The number of benzene rings is 2. The van der Waals surface area contributed by atoms with Crippen LogP contribution < -0.4 is 0 Å². The van der Waals surface area contributed by atoms with Crippen molar-refractivity contribution in [1.82, 2.24) is 25.0 Å². The van der Waals surface area contributed by atoms with Crippen LogP contribution in [-0.2, 0) is 6.54 Å². The topological polar surface area (TPSA) is 73.6 Å². The van der Waals surface area contributed by atoms with Crippen molar-refractivity contribution < 1.29 is 9.18 Å². The number of pyridine rings is 2. The highest BCUT2D eigenvalue weighted by Gasteiger charge is 2.11. The van der Waals surface area contributed by atoms with Crippen LogP contribution in [0.25, 0.3) is 33.3 Å². The van der Waals surface area contributed by atoms with Crippen LogP contribution in [0.4, 0.5) is 4.39 Å². The molecule has 140 valence electrons. The van der Waals surface area contributed by atoms with Gasteiger partial charge < -0.3 is 0 Å². The van der Waals surface area contributed by atoms with Crippen LogP contribution in [0.1, 0.15) is 15.9 Å². The smallest absolute Gasteiger partial charge is 0.179 e. The highest BCUT2D eigenvalue weighted by atomic mass is 19.1.